The van der Waals surface area contributed by atoms with Gasteiger partial charge in [-0.1, -0.05) is 47.6 Å². The number of carbonyl (C=O) groups is 1. The van der Waals surface area contributed by atoms with Gasteiger partial charge in [0.25, 0.3) is 0 Å². The van der Waals surface area contributed by atoms with Crippen LogP contribution in [0.2, 0.25) is 0 Å². The number of cyclic esters (lactones) is 1. The highest BCUT2D eigenvalue weighted by atomic mass is 19.1. The van der Waals surface area contributed by atoms with Crippen molar-refractivity contribution in [2.45, 2.75) is 44.6 Å². The first-order valence-corrected chi connectivity index (χ1v) is 8.98. The molecule has 27 heavy (non-hydrogen) atoms. The molecule has 0 aliphatic carbocycles. The van der Waals surface area contributed by atoms with E-state index in [1.54, 1.807) is 17.0 Å². The van der Waals surface area contributed by atoms with Crippen molar-refractivity contribution in [3.05, 3.63) is 71.5 Å². The van der Waals surface area contributed by atoms with Crippen molar-refractivity contribution in [1.82, 2.24) is 4.90 Å². The third kappa shape index (κ3) is 3.39. The van der Waals surface area contributed by atoms with E-state index < -0.39 is 17.9 Å². The minimum atomic E-state index is -0.644. The molecule has 140 valence electrons. The Morgan fingerprint density at radius 3 is 2.56 bits per heavy atom. The van der Waals surface area contributed by atoms with Crippen molar-refractivity contribution in [2.24, 2.45) is 5.16 Å². The number of rotatable bonds is 4. The minimum absolute atomic E-state index is 0.180. The summed E-state index contributed by atoms with van der Waals surface area (Å²) in [4.78, 5) is 19.8. The average molecular weight is 368 g/mol. The summed E-state index contributed by atoms with van der Waals surface area (Å²) >= 11 is 0. The molecule has 2 aliphatic rings. The zero-order valence-electron chi connectivity index (χ0n) is 15.3. The van der Waals surface area contributed by atoms with Crippen LogP contribution >= 0.6 is 0 Å². The van der Waals surface area contributed by atoms with E-state index in [0.29, 0.717) is 18.6 Å². The van der Waals surface area contributed by atoms with Crippen LogP contribution in [0, 0.1) is 5.82 Å². The van der Waals surface area contributed by atoms with Crippen molar-refractivity contribution in [3.63, 3.8) is 0 Å². The highest BCUT2D eigenvalue weighted by Crippen LogP contribution is 2.36. The molecule has 0 radical (unpaired) electrons. The van der Waals surface area contributed by atoms with Gasteiger partial charge in [-0.3, -0.25) is 4.90 Å². The summed E-state index contributed by atoms with van der Waals surface area (Å²) in [5, 5.41) is 4.13. The lowest BCUT2D eigenvalue weighted by atomic mass is 9.91. The fourth-order valence-corrected chi connectivity index (χ4v) is 3.63. The van der Waals surface area contributed by atoms with Crippen LogP contribution in [0.15, 0.2) is 59.8 Å². The predicted molar refractivity (Wildman–Crippen MR) is 98.8 cm³/mol. The van der Waals surface area contributed by atoms with E-state index in [-0.39, 0.29) is 11.9 Å². The Balaban J connectivity index is 1.54. The first-order valence-electron chi connectivity index (χ1n) is 8.98. The van der Waals surface area contributed by atoms with Crippen LogP contribution < -0.4 is 0 Å². The van der Waals surface area contributed by atoms with Gasteiger partial charge in [0.1, 0.15) is 11.4 Å². The summed E-state index contributed by atoms with van der Waals surface area (Å²) in [6.07, 6.45) is 0.155. The van der Waals surface area contributed by atoms with Crippen LogP contribution in [0.25, 0.3) is 0 Å². The molecule has 2 aliphatic heterocycles. The van der Waals surface area contributed by atoms with E-state index >= 15 is 0 Å². The molecule has 0 bridgehead atoms. The first kappa shape index (κ1) is 17.5. The molecule has 0 aromatic heterocycles. The maximum Gasteiger partial charge on any atom is 0.413 e. The maximum absolute atomic E-state index is 13.2. The van der Waals surface area contributed by atoms with E-state index in [9.17, 15) is 9.18 Å². The number of hydrogen-bond acceptors (Lipinski definition) is 4. The molecule has 2 heterocycles. The molecular weight excluding hydrogens is 347 g/mol. The van der Waals surface area contributed by atoms with E-state index in [0.717, 1.165) is 11.1 Å². The third-order valence-electron chi connectivity index (χ3n) is 5.11. The van der Waals surface area contributed by atoms with Gasteiger partial charge in [0.2, 0.25) is 6.23 Å². The molecule has 1 fully saturated rings. The van der Waals surface area contributed by atoms with Crippen LogP contribution in [0.5, 0.6) is 0 Å². The second-order valence-electron chi connectivity index (χ2n) is 7.39. The maximum atomic E-state index is 13.2. The van der Waals surface area contributed by atoms with Gasteiger partial charge in [0.15, 0.2) is 0 Å². The Morgan fingerprint density at radius 1 is 1.15 bits per heavy atom. The van der Waals surface area contributed by atoms with Crippen molar-refractivity contribution < 1.29 is 18.8 Å². The summed E-state index contributed by atoms with van der Waals surface area (Å²) in [6.45, 7) is 3.82. The number of nitrogens with zero attached hydrogens (tertiary/aromatic N) is 2. The summed E-state index contributed by atoms with van der Waals surface area (Å²) in [5.41, 5.74) is 1.95. The normalized spacial score (nSPS) is 23.7. The second-order valence-corrected chi connectivity index (χ2v) is 7.39. The number of ether oxygens (including phenoxy) is 1. The van der Waals surface area contributed by atoms with Crippen LogP contribution in [-0.4, -0.2) is 34.6 Å². The number of halogens is 1. The highest BCUT2D eigenvalue weighted by Gasteiger charge is 2.52. The number of benzene rings is 2. The van der Waals surface area contributed by atoms with E-state index in [1.807, 2.05) is 44.2 Å². The first-order chi connectivity index (χ1) is 12.9. The highest BCUT2D eigenvalue weighted by molar-refractivity contribution is 6.01. The summed E-state index contributed by atoms with van der Waals surface area (Å²) in [5.74, 6) is -0.303. The SMILES string of the molecule is CC1(C)OC(=O)N(C2CC(c3ccc(F)cc3)=NO2)[C@H]1Cc1ccccc1. The van der Waals surface area contributed by atoms with Crippen molar-refractivity contribution >= 4 is 11.8 Å². The Bertz CT molecular complexity index is 865. The van der Waals surface area contributed by atoms with Gasteiger partial charge >= 0.3 is 6.09 Å². The fourth-order valence-electron chi connectivity index (χ4n) is 3.63. The zero-order chi connectivity index (χ0) is 19.0. The van der Waals surface area contributed by atoms with E-state index in [2.05, 4.69) is 5.16 Å². The summed E-state index contributed by atoms with van der Waals surface area (Å²) in [7, 11) is 0. The molecule has 2 atom stereocenters. The van der Waals surface area contributed by atoms with Crippen LogP contribution in [0.4, 0.5) is 9.18 Å². The largest absolute Gasteiger partial charge is 0.441 e. The van der Waals surface area contributed by atoms with Crippen LogP contribution in [0.3, 0.4) is 0 Å². The molecule has 1 amide bonds. The van der Waals surface area contributed by atoms with Crippen LogP contribution in [-0.2, 0) is 16.0 Å². The number of hydrogen-bond donors (Lipinski definition) is 0. The topological polar surface area (TPSA) is 51.1 Å². The molecule has 6 heteroatoms. The zero-order valence-corrected chi connectivity index (χ0v) is 15.3. The standard InChI is InChI=1S/C21H21FN2O3/c1-21(2)18(12-14-6-4-3-5-7-14)24(20(25)26-21)19-13-17(23-27-19)15-8-10-16(22)11-9-15/h3-11,18-19H,12-13H2,1-2H3/t18-,19?/m0/s1. The van der Waals surface area contributed by atoms with Gasteiger partial charge in [0.05, 0.1) is 18.2 Å². The molecule has 0 saturated carbocycles. The number of carbonyl (C=O) groups excluding carboxylic acids is 1. The lowest BCUT2D eigenvalue weighted by molar-refractivity contribution is -0.0285. The molecule has 4 rings (SSSR count). The van der Waals surface area contributed by atoms with Gasteiger partial charge in [-0.2, -0.15) is 0 Å². The van der Waals surface area contributed by atoms with Gasteiger partial charge in [-0.05, 0) is 43.5 Å². The number of amides is 1. The minimum Gasteiger partial charge on any atom is -0.441 e. The molecule has 2 aromatic carbocycles. The van der Waals surface area contributed by atoms with E-state index in [4.69, 9.17) is 9.57 Å². The van der Waals surface area contributed by atoms with Gasteiger partial charge in [-0.25, -0.2) is 9.18 Å². The van der Waals surface area contributed by atoms with Crippen LogP contribution in [0.1, 0.15) is 31.4 Å². The lowest BCUT2D eigenvalue weighted by Crippen LogP contribution is -2.48. The lowest BCUT2D eigenvalue weighted by Gasteiger charge is -2.31. The van der Waals surface area contributed by atoms with Gasteiger partial charge in [0, 0.05) is 0 Å². The second kappa shape index (κ2) is 6.68. The smallest absolute Gasteiger partial charge is 0.413 e. The Kier molecular flexibility index (Phi) is 4.34. The summed E-state index contributed by atoms with van der Waals surface area (Å²) < 4.78 is 18.8. The molecule has 1 saturated heterocycles. The molecule has 1 unspecified atom stereocenters. The fraction of sp³-hybridized carbons (Fsp3) is 0.333. The quantitative estimate of drug-likeness (QED) is 0.816. The average Bonchev–Trinajstić information content (AvgIpc) is 3.19. The Hall–Kier alpha value is -2.89. The van der Waals surface area contributed by atoms with Crippen molar-refractivity contribution in [3.8, 4) is 0 Å². The molecule has 0 spiro atoms. The third-order valence-corrected chi connectivity index (χ3v) is 5.11. The van der Waals surface area contributed by atoms with Gasteiger partial charge in [-0.15, -0.1) is 0 Å². The molecule has 2 aromatic rings. The van der Waals surface area contributed by atoms with Crippen molar-refractivity contribution in [2.75, 3.05) is 0 Å². The molecular formula is C21H21FN2O3. The van der Waals surface area contributed by atoms with Gasteiger partial charge < -0.3 is 9.57 Å². The predicted octanol–water partition coefficient (Wildman–Crippen LogP) is 4.12. The number of oxime groups is 1. The molecule has 0 N–H and O–H groups in total. The summed E-state index contributed by atoms with van der Waals surface area (Å²) in [6, 6.07) is 15.9. The molecule has 5 nitrogen and oxygen atoms in total. The Labute approximate surface area is 157 Å². The Morgan fingerprint density at radius 2 is 1.85 bits per heavy atom. The van der Waals surface area contributed by atoms with E-state index in [1.165, 1.54) is 12.1 Å². The van der Waals surface area contributed by atoms with Crippen molar-refractivity contribution in [1.29, 1.82) is 0 Å². The monoisotopic (exact) mass is 368 g/mol.